The Kier molecular flexibility index (Phi) is 1.05. The van der Waals surface area contributed by atoms with Gasteiger partial charge < -0.3 is 10.4 Å². The fraction of sp³-hybridized carbons (Fsp3) is 0.800. The third-order valence-corrected chi connectivity index (χ3v) is 1.64. The monoisotopic (exact) mass is 101 g/mol. The van der Waals surface area contributed by atoms with Crippen molar-refractivity contribution in [1.29, 1.82) is 0 Å². The van der Waals surface area contributed by atoms with Crippen LogP contribution in [0.3, 0.4) is 0 Å². The minimum absolute atomic E-state index is 0.153. The van der Waals surface area contributed by atoms with E-state index in [0.29, 0.717) is 0 Å². The first-order valence-corrected chi connectivity index (χ1v) is 2.57. The first-order chi connectivity index (χ1) is 3.33. The largest absolute Gasteiger partial charge is 0.472 e. The lowest BCUT2D eigenvalue weighted by atomic mass is 10.3. The van der Waals surface area contributed by atoms with Gasteiger partial charge in [0.25, 0.3) is 0 Å². The molecule has 0 atom stereocenters. The van der Waals surface area contributed by atoms with E-state index < -0.39 is 0 Å². The molecule has 1 aliphatic rings. The third kappa shape index (κ3) is 0.763. The average Bonchev–Trinajstić information content (AvgIpc) is 2.46. The molecule has 1 aliphatic carbocycles. The van der Waals surface area contributed by atoms with Gasteiger partial charge in [0.2, 0.25) is 0 Å². The summed E-state index contributed by atoms with van der Waals surface area (Å²) in [5, 5.41) is 10.4. The topological polar surface area (TPSA) is 36.8 Å². The van der Waals surface area contributed by atoms with Gasteiger partial charge in [-0.1, -0.05) is 0 Å². The molecule has 0 aromatic heterocycles. The van der Waals surface area contributed by atoms with Crippen molar-refractivity contribution in [1.82, 2.24) is 0 Å². The molecule has 7 heavy (non-hydrogen) atoms. The smallest absolute Gasteiger partial charge is 0.0961 e. The Morgan fingerprint density at radius 3 is 2.29 bits per heavy atom. The number of nitrogens with two attached hydrogens (primary N) is 1. The van der Waals surface area contributed by atoms with Gasteiger partial charge in [-0.05, 0) is 0 Å². The first-order valence-electron chi connectivity index (χ1n) is 2.57. The number of quaternary nitrogens is 1. The summed E-state index contributed by atoms with van der Waals surface area (Å²) in [6.45, 7) is 0.288. The maximum atomic E-state index is 8.59. The second-order valence-electron chi connectivity index (χ2n) is 2.22. The zero-order chi connectivity index (χ0) is 5.33. The summed E-state index contributed by atoms with van der Waals surface area (Å²) in [5.74, 6) is 0. The molecule has 0 saturated heterocycles. The highest BCUT2D eigenvalue weighted by Crippen LogP contribution is 2.29. The van der Waals surface area contributed by atoms with Gasteiger partial charge in [-0.15, -0.1) is 0 Å². The lowest BCUT2D eigenvalue weighted by Gasteiger charge is -2.09. The average molecular weight is 101 g/mol. The molecule has 0 radical (unpaired) electrons. The number of hydrogen-bond acceptors (Lipinski definition) is 1. The maximum absolute atomic E-state index is 8.59. The van der Waals surface area contributed by atoms with E-state index in [1.807, 2.05) is 5.32 Å². The van der Waals surface area contributed by atoms with E-state index >= 15 is 0 Å². The molecular weight excluding hydrogens is 90.1 g/mol. The van der Waals surface area contributed by atoms with E-state index in [9.17, 15) is 0 Å². The van der Waals surface area contributed by atoms with Crippen LogP contribution in [0, 0.1) is 7.05 Å². The van der Waals surface area contributed by atoms with E-state index in [-0.39, 0.29) is 12.1 Å². The van der Waals surface area contributed by atoms with Crippen LogP contribution in [0.15, 0.2) is 0 Å². The van der Waals surface area contributed by atoms with Gasteiger partial charge >= 0.3 is 0 Å². The van der Waals surface area contributed by atoms with Crippen molar-refractivity contribution < 1.29 is 10.4 Å². The van der Waals surface area contributed by atoms with Gasteiger partial charge in [0.1, 0.15) is 0 Å². The van der Waals surface area contributed by atoms with Crippen LogP contribution >= 0.6 is 0 Å². The molecule has 2 heteroatoms. The predicted octanol–water partition coefficient (Wildman–Crippen LogP) is -1.13. The van der Waals surface area contributed by atoms with E-state index in [0.717, 1.165) is 12.8 Å². The lowest BCUT2D eigenvalue weighted by Crippen LogP contribution is -2.87. The molecule has 0 aromatic rings. The standard InChI is InChI=1S/C5H11NO/c1-6-5(4-7)2-3-5/h7H,1-4,6H2. The fourth-order valence-corrected chi connectivity index (χ4v) is 0.587. The molecule has 0 spiro atoms. The predicted molar refractivity (Wildman–Crippen MR) is 26.3 cm³/mol. The molecule has 1 saturated carbocycles. The molecule has 3 N–H and O–H groups in total. The normalized spacial score (nSPS) is 24.9. The second kappa shape index (κ2) is 1.46. The van der Waals surface area contributed by atoms with Crippen LogP contribution in [0.2, 0.25) is 0 Å². The Hall–Kier alpha value is -0.0800. The Bertz CT molecular complexity index is 62.5. The van der Waals surface area contributed by atoms with Crippen LogP contribution in [0.5, 0.6) is 0 Å². The molecular formula is C5H11NO. The fourth-order valence-electron chi connectivity index (χ4n) is 0.587. The molecule has 1 fully saturated rings. The van der Waals surface area contributed by atoms with Crippen molar-refractivity contribution >= 4 is 0 Å². The number of aliphatic hydroxyl groups excluding tert-OH is 1. The van der Waals surface area contributed by atoms with Crippen LogP contribution in [0.25, 0.3) is 0 Å². The Morgan fingerprint density at radius 2 is 2.29 bits per heavy atom. The van der Waals surface area contributed by atoms with Gasteiger partial charge in [0, 0.05) is 12.8 Å². The van der Waals surface area contributed by atoms with E-state index in [1.165, 1.54) is 0 Å². The van der Waals surface area contributed by atoms with Crippen molar-refractivity contribution in [3.05, 3.63) is 7.05 Å². The Labute approximate surface area is 43.5 Å². The highest BCUT2D eigenvalue weighted by atomic mass is 16.3. The third-order valence-electron chi connectivity index (χ3n) is 1.64. The SMILES string of the molecule is [CH2-][NH2+]C1(CO)CC1. The van der Waals surface area contributed by atoms with Crippen molar-refractivity contribution in [2.75, 3.05) is 6.61 Å². The molecule has 0 amide bonds. The van der Waals surface area contributed by atoms with Crippen molar-refractivity contribution in [2.24, 2.45) is 0 Å². The zero-order valence-electron chi connectivity index (χ0n) is 4.35. The zero-order valence-corrected chi connectivity index (χ0v) is 4.35. The quantitative estimate of drug-likeness (QED) is 0.424. The van der Waals surface area contributed by atoms with Crippen molar-refractivity contribution in [3.63, 3.8) is 0 Å². The van der Waals surface area contributed by atoms with Crippen LogP contribution in [0.1, 0.15) is 12.8 Å². The first kappa shape index (κ1) is 5.06. The number of rotatable bonds is 2. The van der Waals surface area contributed by atoms with Crippen LogP contribution in [-0.2, 0) is 0 Å². The molecule has 42 valence electrons. The summed E-state index contributed by atoms with van der Waals surface area (Å²) in [6, 6.07) is 0. The van der Waals surface area contributed by atoms with E-state index in [4.69, 9.17) is 5.11 Å². The molecule has 0 unspecified atom stereocenters. The molecule has 0 aromatic carbocycles. The van der Waals surface area contributed by atoms with Crippen molar-refractivity contribution in [3.8, 4) is 0 Å². The summed E-state index contributed by atoms with van der Waals surface area (Å²) >= 11 is 0. The van der Waals surface area contributed by atoms with Crippen LogP contribution < -0.4 is 5.32 Å². The summed E-state index contributed by atoms with van der Waals surface area (Å²) in [5.41, 5.74) is 0.153. The number of aliphatic hydroxyl groups is 1. The van der Waals surface area contributed by atoms with E-state index in [2.05, 4.69) is 7.05 Å². The summed E-state index contributed by atoms with van der Waals surface area (Å²) < 4.78 is 0. The highest BCUT2D eigenvalue weighted by Gasteiger charge is 2.42. The highest BCUT2D eigenvalue weighted by molar-refractivity contribution is 4.91. The van der Waals surface area contributed by atoms with Crippen LogP contribution in [0.4, 0.5) is 0 Å². The summed E-state index contributed by atoms with van der Waals surface area (Å²) in [7, 11) is 3.61. The summed E-state index contributed by atoms with van der Waals surface area (Å²) in [4.78, 5) is 0. The van der Waals surface area contributed by atoms with Gasteiger partial charge in [-0.3, -0.25) is 0 Å². The van der Waals surface area contributed by atoms with Gasteiger partial charge in [-0.2, -0.15) is 7.05 Å². The van der Waals surface area contributed by atoms with Gasteiger partial charge in [0.05, 0.1) is 12.1 Å². The van der Waals surface area contributed by atoms with Gasteiger partial charge in [0.15, 0.2) is 0 Å². The summed E-state index contributed by atoms with van der Waals surface area (Å²) in [6.07, 6.45) is 2.26. The van der Waals surface area contributed by atoms with Crippen LogP contribution in [-0.4, -0.2) is 17.3 Å². The maximum Gasteiger partial charge on any atom is 0.0961 e. The molecule has 1 rings (SSSR count). The lowest BCUT2D eigenvalue weighted by molar-refractivity contribution is -0.651. The molecule has 2 nitrogen and oxygen atoms in total. The Morgan fingerprint density at radius 1 is 1.71 bits per heavy atom. The van der Waals surface area contributed by atoms with E-state index in [1.54, 1.807) is 0 Å². The Balaban J connectivity index is 2.28. The molecule has 0 aliphatic heterocycles. The van der Waals surface area contributed by atoms with Gasteiger partial charge in [-0.25, -0.2) is 0 Å². The molecule has 0 heterocycles. The second-order valence-corrected chi connectivity index (χ2v) is 2.22. The minimum Gasteiger partial charge on any atom is -0.472 e. The van der Waals surface area contributed by atoms with Crippen molar-refractivity contribution in [2.45, 2.75) is 18.4 Å². The minimum atomic E-state index is 0.153. The number of hydrogen-bond donors (Lipinski definition) is 2. The molecule has 0 bridgehead atoms.